The molecule has 0 aliphatic heterocycles. The summed E-state index contributed by atoms with van der Waals surface area (Å²) in [4.78, 5) is 1.52. The normalized spacial score (nSPS) is 10.3. The predicted molar refractivity (Wildman–Crippen MR) is 95.6 cm³/mol. The number of thioether (sulfide) groups is 1. The highest BCUT2D eigenvalue weighted by Crippen LogP contribution is 2.27. The molecule has 0 fully saturated rings. The van der Waals surface area contributed by atoms with Crippen LogP contribution in [-0.4, -0.2) is 11.2 Å². The number of rotatable bonds is 5. The minimum Gasteiger partial charge on any atom is -0.389 e. The van der Waals surface area contributed by atoms with Crippen LogP contribution in [0.3, 0.4) is 0 Å². The van der Waals surface area contributed by atoms with Gasteiger partial charge in [-0.3, -0.25) is 0 Å². The van der Waals surface area contributed by atoms with Gasteiger partial charge in [-0.2, -0.15) is 0 Å². The summed E-state index contributed by atoms with van der Waals surface area (Å²) in [5, 5.41) is 3.41. The molecule has 0 atom stereocenters. The standard InChI is InChI=1S/C15H15BrN2S2/c1-20-13-7-3-6-12(14(13)15(17)19)18-9-10-4-2-5-11(16)8-10/h2-8,18H,9H2,1H3,(H2,17,19). The van der Waals surface area contributed by atoms with Crippen LogP contribution in [0.5, 0.6) is 0 Å². The molecule has 0 aliphatic rings. The average Bonchev–Trinajstić information content (AvgIpc) is 2.44. The minimum absolute atomic E-state index is 0.423. The maximum absolute atomic E-state index is 5.85. The fraction of sp³-hybridized carbons (Fsp3) is 0.133. The van der Waals surface area contributed by atoms with Gasteiger partial charge < -0.3 is 11.1 Å². The third-order valence-electron chi connectivity index (χ3n) is 2.86. The Kier molecular flexibility index (Phi) is 5.46. The van der Waals surface area contributed by atoms with Gasteiger partial charge in [0.15, 0.2) is 0 Å². The van der Waals surface area contributed by atoms with Crippen LogP contribution in [-0.2, 0) is 6.54 Å². The molecule has 0 aromatic heterocycles. The van der Waals surface area contributed by atoms with Crippen molar-refractivity contribution in [3.8, 4) is 0 Å². The predicted octanol–water partition coefficient (Wildman–Crippen LogP) is 4.42. The van der Waals surface area contributed by atoms with Crippen LogP contribution in [0.15, 0.2) is 51.8 Å². The molecule has 3 N–H and O–H groups in total. The van der Waals surface area contributed by atoms with Gasteiger partial charge in [-0.15, -0.1) is 11.8 Å². The second kappa shape index (κ2) is 7.11. The first-order chi connectivity index (χ1) is 9.61. The Labute approximate surface area is 137 Å². The highest BCUT2D eigenvalue weighted by Gasteiger charge is 2.10. The molecule has 0 heterocycles. The molecule has 0 saturated heterocycles. The lowest BCUT2D eigenvalue weighted by Gasteiger charge is -2.14. The summed E-state index contributed by atoms with van der Waals surface area (Å²) < 4.78 is 1.07. The summed E-state index contributed by atoms with van der Waals surface area (Å²) in [7, 11) is 0. The van der Waals surface area contributed by atoms with Crippen LogP contribution in [0.1, 0.15) is 11.1 Å². The summed E-state index contributed by atoms with van der Waals surface area (Å²) >= 11 is 10.3. The number of nitrogens with two attached hydrogens (primary N) is 1. The van der Waals surface area contributed by atoms with Crippen LogP contribution < -0.4 is 11.1 Å². The first kappa shape index (κ1) is 15.4. The Morgan fingerprint density at radius 3 is 2.70 bits per heavy atom. The Bertz CT molecular complexity index is 629. The first-order valence-electron chi connectivity index (χ1n) is 6.07. The molecule has 2 aromatic carbocycles. The van der Waals surface area contributed by atoms with Gasteiger partial charge in [0.1, 0.15) is 4.99 Å². The van der Waals surface area contributed by atoms with E-state index in [1.54, 1.807) is 11.8 Å². The second-order valence-electron chi connectivity index (χ2n) is 4.23. The van der Waals surface area contributed by atoms with Crippen LogP contribution in [0, 0.1) is 0 Å². The van der Waals surface area contributed by atoms with Crippen molar-refractivity contribution in [3.63, 3.8) is 0 Å². The van der Waals surface area contributed by atoms with E-state index in [0.717, 1.165) is 27.2 Å². The molecule has 2 nitrogen and oxygen atoms in total. The highest BCUT2D eigenvalue weighted by atomic mass is 79.9. The molecule has 5 heteroatoms. The van der Waals surface area contributed by atoms with Gasteiger partial charge in [0.25, 0.3) is 0 Å². The minimum atomic E-state index is 0.423. The molecule has 104 valence electrons. The zero-order valence-corrected chi connectivity index (χ0v) is 14.2. The number of hydrogen-bond acceptors (Lipinski definition) is 3. The van der Waals surface area contributed by atoms with Gasteiger partial charge in [0.2, 0.25) is 0 Å². The van der Waals surface area contributed by atoms with Gasteiger partial charge >= 0.3 is 0 Å². The molecular formula is C15H15BrN2S2. The van der Waals surface area contributed by atoms with E-state index >= 15 is 0 Å². The van der Waals surface area contributed by atoms with Crippen molar-refractivity contribution in [1.29, 1.82) is 0 Å². The maximum Gasteiger partial charge on any atom is 0.107 e. The SMILES string of the molecule is CSc1cccc(NCc2cccc(Br)c2)c1C(N)=S. The number of thiocarbonyl (C=S) groups is 1. The first-order valence-corrected chi connectivity index (χ1v) is 8.49. The molecule has 0 radical (unpaired) electrons. The summed E-state index contributed by atoms with van der Waals surface area (Å²) in [5.41, 5.74) is 8.95. The Morgan fingerprint density at radius 2 is 2.05 bits per heavy atom. The molecule has 20 heavy (non-hydrogen) atoms. The molecule has 0 spiro atoms. The van der Waals surface area contributed by atoms with Gasteiger partial charge in [-0.1, -0.05) is 46.3 Å². The van der Waals surface area contributed by atoms with Gasteiger partial charge in [-0.05, 0) is 36.1 Å². The van der Waals surface area contributed by atoms with E-state index in [1.807, 2.05) is 36.6 Å². The Morgan fingerprint density at radius 1 is 1.30 bits per heavy atom. The fourth-order valence-electron chi connectivity index (χ4n) is 1.95. The maximum atomic E-state index is 5.85. The van der Waals surface area contributed by atoms with Crippen molar-refractivity contribution in [3.05, 3.63) is 58.1 Å². The zero-order chi connectivity index (χ0) is 14.5. The molecule has 0 saturated carbocycles. The molecule has 0 aliphatic carbocycles. The van der Waals surface area contributed by atoms with Crippen molar-refractivity contribution in [2.45, 2.75) is 11.4 Å². The van der Waals surface area contributed by atoms with E-state index in [4.69, 9.17) is 18.0 Å². The Hall–Kier alpha value is -1.04. The number of hydrogen-bond donors (Lipinski definition) is 2. The molecule has 2 rings (SSSR count). The van der Waals surface area contributed by atoms with Crippen molar-refractivity contribution in [2.24, 2.45) is 5.73 Å². The van der Waals surface area contributed by atoms with Gasteiger partial charge in [-0.25, -0.2) is 0 Å². The highest BCUT2D eigenvalue weighted by molar-refractivity contribution is 9.10. The lowest BCUT2D eigenvalue weighted by atomic mass is 10.1. The van der Waals surface area contributed by atoms with E-state index in [2.05, 4.69) is 33.4 Å². The second-order valence-corrected chi connectivity index (χ2v) is 6.43. The third-order valence-corrected chi connectivity index (χ3v) is 4.34. The molecular weight excluding hydrogens is 352 g/mol. The van der Waals surface area contributed by atoms with E-state index < -0.39 is 0 Å². The lowest BCUT2D eigenvalue weighted by molar-refractivity contribution is 1.14. The van der Waals surface area contributed by atoms with E-state index in [1.165, 1.54) is 5.56 Å². The van der Waals surface area contributed by atoms with Crippen LogP contribution in [0.4, 0.5) is 5.69 Å². The summed E-state index contributed by atoms with van der Waals surface area (Å²) in [5.74, 6) is 0. The van der Waals surface area contributed by atoms with Crippen molar-refractivity contribution in [2.75, 3.05) is 11.6 Å². The van der Waals surface area contributed by atoms with E-state index in [0.29, 0.717) is 4.99 Å². The van der Waals surface area contributed by atoms with Crippen LogP contribution >= 0.6 is 39.9 Å². The summed E-state index contributed by atoms with van der Waals surface area (Å²) in [6, 6.07) is 14.3. The average molecular weight is 367 g/mol. The Balaban J connectivity index is 2.23. The quantitative estimate of drug-likeness (QED) is 0.606. The summed E-state index contributed by atoms with van der Waals surface area (Å²) in [6.07, 6.45) is 2.02. The number of benzene rings is 2. The number of nitrogens with one attached hydrogen (secondary N) is 1. The monoisotopic (exact) mass is 366 g/mol. The van der Waals surface area contributed by atoms with Gasteiger partial charge in [0.05, 0.1) is 0 Å². The topological polar surface area (TPSA) is 38.0 Å². The zero-order valence-electron chi connectivity index (χ0n) is 11.0. The van der Waals surface area contributed by atoms with Crippen molar-refractivity contribution < 1.29 is 0 Å². The molecule has 0 bridgehead atoms. The van der Waals surface area contributed by atoms with Crippen LogP contribution in [0.2, 0.25) is 0 Å². The largest absolute Gasteiger partial charge is 0.389 e. The fourth-order valence-corrected chi connectivity index (χ4v) is 3.32. The van der Waals surface area contributed by atoms with Crippen molar-refractivity contribution >= 4 is 50.6 Å². The molecule has 2 aromatic rings. The van der Waals surface area contributed by atoms with Crippen LogP contribution in [0.25, 0.3) is 0 Å². The van der Waals surface area contributed by atoms with Crippen molar-refractivity contribution in [1.82, 2.24) is 0 Å². The number of anilines is 1. The number of halogens is 1. The van der Waals surface area contributed by atoms with E-state index in [9.17, 15) is 0 Å². The molecule has 0 amide bonds. The van der Waals surface area contributed by atoms with E-state index in [-0.39, 0.29) is 0 Å². The smallest absolute Gasteiger partial charge is 0.107 e. The molecule has 0 unspecified atom stereocenters. The third kappa shape index (κ3) is 3.75. The van der Waals surface area contributed by atoms with Gasteiger partial charge in [0, 0.05) is 27.2 Å². The summed E-state index contributed by atoms with van der Waals surface area (Å²) in [6.45, 7) is 0.729. The lowest BCUT2D eigenvalue weighted by Crippen LogP contribution is -2.14.